The minimum atomic E-state index is -4.40. The van der Waals surface area contributed by atoms with E-state index in [2.05, 4.69) is 20.4 Å². The summed E-state index contributed by atoms with van der Waals surface area (Å²) in [5, 5.41) is 28.5. The predicted molar refractivity (Wildman–Crippen MR) is 118 cm³/mol. The molecule has 34 heavy (non-hydrogen) atoms. The van der Waals surface area contributed by atoms with E-state index >= 15 is 0 Å². The minimum Gasteiger partial charge on any atom is -0.387 e. The van der Waals surface area contributed by atoms with Crippen molar-refractivity contribution in [2.24, 2.45) is 0 Å². The van der Waals surface area contributed by atoms with Gasteiger partial charge in [0.15, 0.2) is 11.9 Å². The molecule has 1 aliphatic rings. The Bertz CT molecular complexity index is 1230. The first kappa shape index (κ1) is 24.9. The van der Waals surface area contributed by atoms with Crippen molar-refractivity contribution >= 4 is 36.0 Å². The third kappa shape index (κ3) is 5.37. The van der Waals surface area contributed by atoms with E-state index in [1.807, 2.05) is 6.92 Å². The summed E-state index contributed by atoms with van der Waals surface area (Å²) >= 11 is 6.11. The molecular weight excluding hydrogens is 496 g/mol. The smallest absolute Gasteiger partial charge is 0.350 e. The van der Waals surface area contributed by atoms with Gasteiger partial charge in [0.05, 0.1) is 24.2 Å². The standard InChI is InChI=1S/C19H22ClFN5O7P/c1-9(10-3-2-4-11(21)5-10)23-16-12-6-22-26(17(12)25-19(20)24-16)18-15(28)14(27)13(33-18)7-32-8-34(29,30)31/h2-6,9,13-15,18,27-28H,7-8H2,1H3,(H,23,24,25)(H2,29,30,31)/t9-,13+,14+,15+,18+/m0/s1. The van der Waals surface area contributed by atoms with Gasteiger partial charge in [-0.05, 0) is 36.2 Å². The number of aromatic nitrogens is 4. The number of nitrogens with zero attached hydrogens (tertiary/aromatic N) is 4. The zero-order valence-electron chi connectivity index (χ0n) is 17.7. The van der Waals surface area contributed by atoms with E-state index < -0.39 is 38.5 Å². The number of rotatable bonds is 8. The number of aliphatic hydroxyl groups excluding tert-OH is 2. The van der Waals surface area contributed by atoms with Crippen LogP contribution >= 0.6 is 19.2 Å². The topological polar surface area (TPSA) is 172 Å². The minimum absolute atomic E-state index is 0.127. The lowest BCUT2D eigenvalue weighted by atomic mass is 10.1. The van der Waals surface area contributed by atoms with E-state index in [0.29, 0.717) is 16.8 Å². The molecule has 4 rings (SSSR count). The quantitative estimate of drug-likeness (QED) is 0.217. The average Bonchev–Trinajstić information content (AvgIpc) is 3.29. The lowest BCUT2D eigenvalue weighted by Gasteiger charge is -2.17. The third-order valence-electron chi connectivity index (χ3n) is 5.25. The first-order valence-corrected chi connectivity index (χ1v) is 12.3. The highest BCUT2D eigenvalue weighted by atomic mass is 35.5. The Morgan fingerprint density at radius 3 is 2.79 bits per heavy atom. The highest BCUT2D eigenvalue weighted by molar-refractivity contribution is 7.51. The van der Waals surface area contributed by atoms with Crippen molar-refractivity contribution in [1.29, 1.82) is 0 Å². The Labute approximate surface area is 197 Å². The fraction of sp³-hybridized carbons (Fsp3) is 0.421. The lowest BCUT2D eigenvalue weighted by Crippen LogP contribution is -2.34. The van der Waals surface area contributed by atoms with Crippen LogP contribution in [0.1, 0.15) is 24.8 Å². The lowest BCUT2D eigenvalue weighted by molar-refractivity contribution is -0.0658. The van der Waals surface area contributed by atoms with Crippen molar-refractivity contribution in [2.75, 3.05) is 18.3 Å². The molecule has 0 unspecified atom stereocenters. The van der Waals surface area contributed by atoms with Gasteiger partial charge in [0.25, 0.3) is 0 Å². The van der Waals surface area contributed by atoms with Crippen LogP contribution < -0.4 is 5.32 Å². The van der Waals surface area contributed by atoms with Crippen molar-refractivity contribution < 1.29 is 38.4 Å². The van der Waals surface area contributed by atoms with Crippen molar-refractivity contribution in [3.05, 3.63) is 47.1 Å². The van der Waals surface area contributed by atoms with Gasteiger partial charge in [-0.25, -0.2) is 9.07 Å². The van der Waals surface area contributed by atoms with E-state index in [4.69, 9.17) is 30.9 Å². The molecule has 5 N–H and O–H groups in total. The molecule has 0 amide bonds. The number of fused-ring (bicyclic) bond motifs is 1. The number of nitrogens with one attached hydrogen (secondary N) is 1. The van der Waals surface area contributed by atoms with Crippen molar-refractivity contribution in [3.63, 3.8) is 0 Å². The van der Waals surface area contributed by atoms with E-state index in [-0.39, 0.29) is 29.4 Å². The number of anilines is 1. The molecule has 3 heterocycles. The van der Waals surface area contributed by atoms with Crippen molar-refractivity contribution in [3.8, 4) is 0 Å². The second-order valence-corrected chi connectivity index (χ2v) is 9.73. The largest absolute Gasteiger partial charge is 0.387 e. The summed E-state index contributed by atoms with van der Waals surface area (Å²) in [7, 11) is -4.40. The maximum atomic E-state index is 13.6. The molecule has 15 heteroatoms. The molecule has 0 radical (unpaired) electrons. The molecule has 1 fully saturated rings. The second kappa shape index (κ2) is 9.80. The first-order valence-electron chi connectivity index (χ1n) is 10.1. The predicted octanol–water partition coefficient (Wildman–Crippen LogP) is 1.56. The van der Waals surface area contributed by atoms with Gasteiger partial charge in [-0.1, -0.05) is 12.1 Å². The second-order valence-electron chi connectivity index (χ2n) is 7.80. The number of hydrogen-bond donors (Lipinski definition) is 5. The highest BCUT2D eigenvalue weighted by Gasteiger charge is 2.45. The van der Waals surface area contributed by atoms with Crippen LogP contribution in [0.15, 0.2) is 30.5 Å². The maximum absolute atomic E-state index is 13.6. The summed E-state index contributed by atoms with van der Waals surface area (Å²) in [6.45, 7) is 1.44. The van der Waals surface area contributed by atoms with Gasteiger partial charge in [-0.3, -0.25) is 4.57 Å². The monoisotopic (exact) mass is 517 g/mol. The van der Waals surface area contributed by atoms with Crippen LogP contribution in [-0.4, -0.2) is 71.0 Å². The third-order valence-corrected chi connectivity index (χ3v) is 5.94. The molecule has 184 valence electrons. The molecule has 3 aromatic rings. The van der Waals surface area contributed by atoms with Crippen LogP contribution in [0.3, 0.4) is 0 Å². The number of hydrogen-bond acceptors (Lipinski definition) is 9. The van der Waals surface area contributed by atoms with E-state index in [9.17, 15) is 19.2 Å². The summed E-state index contributed by atoms with van der Waals surface area (Å²) < 4.78 is 36.3. The van der Waals surface area contributed by atoms with Crippen LogP contribution in [0.25, 0.3) is 11.0 Å². The van der Waals surface area contributed by atoms with Gasteiger partial charge in [-0.2, -0.15) is 15.1 Å². The number of halogens is 2. The van der Waals surface area contributed by atoms with Crippen LogP contribution in [0, 0.1) is 5.82 Å². The van der Waals surface area contributed by atoms with Crippen LogP contribution in [-0.2, 0) is 14.0 Å². The molecule has 2 aromatic heterocycles. The molecule has 1 aromatic carbocycles. The Morgan fingerprint density at radius 1 is 1.32 bits per heavy atom. The summed E-state index contributed by atoms with van der Waals surface area (Å²) in [5.74, 6) is -0.0670. The van der Waals surface area contributed by atoms with Gasteiger partial charge in [0.1, 0.15) is 36.3 Å². The number of aliphatic hydroxyl groups is 2. The molecule has 0 saturated carbocycles. The van der Waals surface area contributed by atoms with Gasteiger partial charge in [0.2, 0.25) is 5.28 Å². The Balaban J connectivity index is 1.57. The zero-order chi connectivity index (χ0) is 24.6. The van der Waals surface area contributed by atoms with Crippen molar-refractivity contribution in [2.45, 2.75) is 37.5 Å². The SMILES string of the molecule is C[C@H](Nc1nc(Cl)nc2c1cnn2[C@@H]1O[C@H](COCP(=O)(O)O)[C@@H](O)[C@H]1O)c1cccc(F)c1. The normalized spacial score (nSPS) is 24.0. The fourth-order valence-corrected chi connectivity index (χ4v) is 4.12. The van der Waals surface area contributed by atoms with Gasteiger partial charge >= 0.3 is 7.60 Å². The molecular formula is C19H22ClFN5O7P. The summed E-state index contributed by atoms with van der Waals surface area (Å²) in [6, 6.07) is 5.72. The van der Waals surface area contributed by atoms with Crippen molar-refractivity contribution in [1.82, 2.24) is 19.7 Å². The van der Waals surface area contributed by atoms with Crippen LogP contribution in [0.2, 0.25) is 5.28 Å². The highest BCUT2D eigenvalue weighted by Crippen LogP contribution is 2.36. The molecule has 5 atom stereocenters. The summed E-state index contributed by atoms with van der Waals surface area (Å²) in [4.78, 5) is 26.2. The summed E-state index contributed by atoms with van der Waals surface area (Å²) in [6.07, 6.45) is -4.55. The van der Waals surface area contributed by atoms with E-state index in [0.717, 1.165) is 0 Å². The summed E-state index contributed by atoms with van der Waals surface area (Å²) in [5.41, 5.74) is 0.869. The van der Waals surface area contributed by atoms with Gasteiger partial charge < -0.3 is 34.8 Å². The Hall–Kier alpha value is -2.22. The Morgan fingerprint density at radius 2 is 2.09 bits per heavy atom. The van der Waals surface area contributed by atoms with Gasteiger partial charge in [0, 0.05) is 0 Å². The molecule has 1 saturated heterocycles. The fourth-order valence-electron chi connectivity index (χ4n) is 3.62. The molecule has 0 spiro atoms. The number of benzene rings is 1. The Kier molecular flexibility index (Phi) is 7.17. The molecule has 0 aliphatic carbocycles. The first-order chi connectivity index (χ1) is 16.0. The zero-order valence-corrected chi connectivity index (χ0v) is 19.3. The molecule has 1 aliphatic heterocycles. The van der Waals surface area contributed by atoms with E-state index in [1.165, 1.54) is 23.0 Å². The number of ether oxygens (including phenoxy) is 2. The van der Waals surface area contributed by atoms with Crippen LogP contribution in [0.5, 0.6) is 0 Å². The van der Waals surface area contributed by atoms with E-state index in [1.54, 1.807) is 12.1 Å². The maximum Gasteiger partial charge on any atom is 0.350 e. The molecule has 0 bridgehead atoms. The molecule has 12 nitrogen and oxygen atoms in total. The van der Waals surface area contributed by atoms with Gasteiger partial charge in [-0.15, -0.1) is 0 Å². The average molecular weight is 518 g/mol. The van der Waals surface area contributed by atoms with Crippen LogP contribution in [0.4, 0.5) is 10.2 Å².